The highest BCUT2D eigenvalue weighted by molar-refractivity contribution is 6.32. The minimum Gasteiger partial charge on any atom is -0.497 e. The molecule has 0 bridgehead atoms. The fourth-order valence-corrected chi connectivity index (χ4v) is 5.62. The fraction of sp³-hybridized carbons (Fsp3) is 0.407. The van der Waals surface area contributed by atoms with E-state index < -0.39 is 6.10 Å². The van der Waals surface area contributed by atoms with Gasteiger partial charge in [-0.2, -0.15) is 0 Å². The summed E-state index contributed by atoms with van der Waals surface area (Å²) in [5, 5.41) is 13.1. The van der Waals surface area contributed by atoms with Crippen LogP contribution >= 0.6 is 23.2 Å². The number of nitrogens with zero attached hydrogens (tertiary/aromatic N) is 3. The number of fused-ring (bicyclic) bond motifs is 1. The van der Waals surface area contributed by atoms with Crippen molar-refractivity contribution in [1.29, 1.82) is 0 Å². The number of methoxy groups -OCH3 is 1. The van der Waals surface area contributed by atoms with Gasteiger partial charge in [-0.1, -0.05) is 36.2 Å². The van der Waals surface area contributed by atoms with Gasteiger partial charge >= 0.3 is 0 Å². The van der Waals surface area contributed by atoms with E-state index >= 15 is 0 Å². The molecule has 1 aliphatic rings. The minimum atomic E-state index is -0.581. The molecule has 0 amide bonds. The van der Waals surface area contributed by atoms with Crippen LogP contribution in [0.4, 0.5) is 0 Å². The fourth-order valence-electron chi connectivity index (χ4n) is 5.11. The molecule has 1 N–H and O–H groups in total. The maximum Gasteiger partial charge on any atom is 0.131 e. The van der Waals surface area contributed by atoms with Gasteiger partial charge in [0.05, 0.1) is 18.7 Å². The predicted molar refractivity (Wildman–Crippen MR) is 138 cm³/mol. The van der Waals surface area contributed by atoms with E-state index in [-0.39, 0.29) is 5.92 Å². The number of rotatable bonds is 8. The zero-order valence-corrected chi connectivity index (χ0v) is 21.1. The number of likely N-dealkylation sites (tertiary alicyclic amines) is 1. The number of hydrogen-bond donors (Lipinski definition) is 1. The molecule has 1 aromatic carbocycles. The van der Waals surface area contributed by atoms with Crippen molar-refractivity contribution in [2.75, 3.05) is 20.2 Å². The van der Waals surface area contributed by atoms with Crippen molar-refractivity contribution < 1.29 is 9.84 Å². The van der Waals surface area contributed by atoms with Gasteiger partial charge in [0.25, 0.3) is 0 Å². The van der Waals surface area contributed by atoms with Crippen LogP contribution in [0, 0.1) is 17.8 Å². The van der Waals surface area contributed by atoms with Crippen LogP contribution in [0.25, 0.3) is 10.9 Å². The Hall–Kier alpha value is -2.18. The average Bonchev–Trinajstić information content (AvgIpc) is 2.83. The molecule has 5 nitrogen and oxygen atoms in total. The maximum absolute atomic E-state index is 11.3. The first-order valence-corrected chi connectivity index (χ1v) is 12.4. The Morgan fingerprint density at radius 3 is 2.71 bits per heavy atom. The summed E-state index contributed by atoms with van der Waals surface area (Å²) in [6.07, 6.45) is 5.22. The lowest BCUT2D eigenvalue weighted by Gasteiger charge is -2.39. The van der Waals surface area contributed by atoms with Crippen LogP contribution in [0.15, 0.2) is 55.3 Å². The normalized spacial score (nSPS) is 20.7. The lowest BCUT2D eigenvalue weighted by Crippen LogP contribution is -2.40. The lowest BCUT2D eigenvalue weighted by atomic mass is 9.77. The number of aliphatic hydroxyl groups is 1. The number of pyridine rings is 2. The second kappa shape index (κ2) is 11.0. The Bertz CT molecular complexity index is 1140. The molecule has 180 valence electrons. The number of hydrogen-bond acceptors (Lipinski definition) is 5. The highest BCUT2D eigenvalue weighted by Gasteiger charge is 2.31. The van der Waals surface area contributed by atoms with Gasteiger partial charge in [-0.3, -0.25) is 9.88 Å². The third-order valence-electron chi connectivity index (χ3n) is 6.94. The van der Waals surface area contributed by atoms with E-state index in [1.807, 2.05) is 36.4 Å². The van der Waals surface area contributed by atoms with Crippen LogP contribution in [0.2, 0.25) is 10.3 Å². The molecule has 34 heavy (non-hydrogen) atoms. The monoisotopic (exact) mass is 499 g/mol. The molecule has 7 heteroatoms. The smallest absolute Gasteiger partial charge is 0.131 e. The second-order valence-electron chi connectivity index (χ2n) is 9.25. The first kappa shape index (κ1) is 24.9. The number of aromatic nitrogens is 2. The molecular formula is C27H31Cl2N3O2. The third-order valence-corrected chi connectivity index (χ3v) is 7.32. The largest absolute Gasteiger partial charge is 0.497 e. The highest BCUT2D eigenvalue weighted by Crippen LogP contribution is 2.37. The van der Waals surface area contributed by atoms with Crippen LogP contribution in [0.5, 0.6) is 5.75 Å². The van der Waals surface area contributed by atoms with E-state index in [1.54, 1.807) is 13.3 Å². The molecule has 0 spiro atoms. The predicted octanol–water partition coefficient (Wildman–Crippen LogP) is 6.33. The molecule has 2 aromatic heterocycles. The van der Waals surface area contributed by atoms with Gasteiger partial charge in [0.15, 0.2) is 0 Å². The van der Waals surface area contributed by atoms with Crippen molar-refractivity contribution in [2.45, 2.75) is 32.4 Å². The number of ether oxygens (including phenoxy) is 1. The van der Waals surface area contributed by atoms with Gasteiger partial charge in [0.2, 0.25) is 0 Å². The molecule has 4 rings (SSSR count). The Labute approximate surface area is 211 Å². The van der Waals surface area contributed by atoms with Gasteiger partial charge in [-0.15, -0.1) is 6.58 Å². The summed E-state index contributed by atoms with van der Waals surface area (Å²) in [6, 6.07) is 11.4. The molecule has 1 fully saturated rings. The molecule has 2 unspecified atom stereocenters. The minimum absolute atomic E-state index is 0.0913. The van der Waals surface area contributed by atoms with Crippen molar-refractivity contribution >= 4 is 34.1 Å². The summed E-state index contributed by atoms with van der Waals surface area (Å²) in [4.78, 5) is 10.9. The molecular weight excluding hydrogens is 469 g/mol. The van der Waals surface area contributed by atoms with Gasteiger partial charge in [-0.05, 0) is 84.7 Å². The van der Waals surface area contributed by atoms with Gasteiger partial charge in [-0.25, -0.2) is 4.98 Å². The summed E-state index contributed by atoms with van der Waals surface area (Å²) in [7, 11) is 1.65. The topological polar surface area (TPSA) is 58.5 Å². The third kappa shape index (κ3) is 5.72. The van der Waals surface area contributed by atoms with Crippen molar-refractivity contribution in [3.63, 3.8) is 0 Å². The van der Waals surface area contributed by atoms with Gasteiger partial charge < -0.3 is 9.84 Å². The number of benzene rings is 1. The summed E-state index contributed by atoms with van der Waals surface area (Å²) in [6.45, 7) is 8.92. The molecule has 0 saturated carbocycles. The maximum atomic E-state index is 11.3. The van der Waals surface area contributed by atoms with Crippen molar-refractivity contribution in [3.8, 4) is 5.75 Å². The van der Waals surface area contributed by atoms with E-state index in [1.165, 1.54) is 0 Å². The first-order valence-electron chi connectivity index (χ1n) is 11.7. The van der Waals surface area contributed by atoms with Crippen LogP contribution in [0.1, 0.15) is 37.0 Å². The quantitative estimate of drug-likeness (QED) is 0.289. The summed E-state index contributed by atoms with van der Waals surface area (Å²) >= 11 is 12.1. The highest BCUT2D eigenvalue weighted by atomic mass is 35.5. The van der Waals surface area contributed by atoms with E-state index in [4.69, 9.17) is 27.9 Å². The van der Waals surface area contributed by atoms with Gasteiger partial charge in [0.1, 0.15) is 16.1 Å². The SMILES string of the molecule is C=CC1CN(Cc2cc(Cl)nc(Cl)c2)CCC1C[C@H](C)[C@H](O)c1ccnc2ccc(OC)cc12. The lowest BCUT2D eigenvalue weighted by molar-refractivity contribution is 0.0722. The molecule has 3 heterocycles. The van der Waals surface area contributed by atoms with Crippen LogP contribution in [0.3, 0.4) is 0 Å². The van der Waals surface area contributed by atoms with E-state index in [0.29, 0.717) is 22.1 Å². The van der Waals surface area contributed by atoms with Crippen LogP contribution < -0.4 is 4.74 Å². The molecule has 0 radical (unpaired) electrons. The van der Waals surface area contributed by atoms with Crippen molar-refractivity contribution in [3.05, 3.63) is 76.7 Å². The van der Waals surface area contributed by atoms with Crippen LogP contribution in [-0.4, -0.2) is 40.2 Å². The van der Waals surface area contributed by atoms with E-state index in [2.05, 4.69) is 34.4 Å². The average molecular weight is 500 g/mol. The Balaban J connectivity index is 1.43. The Kier molecular flexibility index (Phi) is 8.10. The Morgan fingerprint density at radius 2 is 2.00 bits per heavy atom. The number of halogens is 2. The molecule has 0 aliphatic carbocycles. The Morgan fingerprint density at radius 1 is 1.24 bits per heavy atom. The molecule has 1 saturated heterocycles. The number of aliphatic hydroxyl groups excluding tert-OH is 1. The van der Waals surface area contributed by atoms with Gasteiger partial charge in [0, 0.05) is 24.7 Å². The summed E-state index contributed by atoms with van der Waals surface area (Å²) < 4.78 is 5.39. The number of piperidine rings is 1. The summed E-state index contributed by atoms with van der Waals surface area (Å²) in [5.41, 5.74) is 2.82. The first-order chi connectivity index (χ1) is 16.4. The van der Waals surface area contributed by atoms with Crippen molar-refractivity contribution in [1.82, 2.24) is 14.9 Å². The molecule has 3 aromatic rings. The van der Waals surface area contributed by atoms with E-state index in [0.717, 1.165) is 60.3 Å². The summed E-state index contributed by atoms with van der Waals surface area (Å²) in [5.74, 6) is 1.67. The zero-order valence-electron chi connectivity index (χ0n) is 19.6. The van der Waals surface area contributed by atoms with Crippen molar-refractivity contribution in [2.24, 2.45) is 17.8 Å². The molecule has 4 atom stereocenters. The van der Waals surface area contributed by atoms with Crippen LogP contribution in [-0.2, 0) is 6.54 Å². The van der Waals surface area contributed by atoms with E-state index in [9.17, 15) is 5.11 Å². The standard InChI is InChI=1S/C27H31Cl2N3O2/c1-4-19-16-32(15-18-12-25(28)31-26(29)13-18)10-8-20(19)11-17(2)27(33)22-7-9-30-24-6-5-21(34-3)14-23(22)24/h4-7,9,12-14,17,19-20,27,33H,1,8,10-11,15-16H2,2-3H3/t17-,19?,20?,27-/m0/s1. The second-order valence-corrected chi connectivity index (χ2v) is 10.0. The molecule has 1 aliphatic heterocycles. The zero-order chi connectivity index (χ0) is 24.2.